The second-order valence-corrected chi connectivity index (χ2v) is 4.80. The SMILES string of the molecule is CC1CCCCN1CC(C)(C)N.Cl.Cl. The van der Waals surface area contributed by atoms with Gasteiger partial charge in [0, 0.05) is 18.1 Å². The Hall–Kier alpha value is 0.500. The molecule has 0 radical (unpaired) electrons. The molecule has 88 valence electrons. The summed E-state index contributed by atoms with van der Waals surface area (Å²) in [7, 11) is 0. The van der Waals surface area contributed by atoms with Gasteiger partial charge < -0.3 is 5.73 Å². The summed E-state index contributed by atoms with van der Waals surface area (Å²) < 4.78 is 0. The second kappa shape index (κ2) is 6.89. The van der Waals surface area contributed by atoms with Crippen LogP contribution in [-0.2, 0) is 0 Å². The molecule has 2 nitrogen and oxygen atoms in total. The minimum atomic E-state index is -0.0361. The van der Waals surface area contributed by atoms with Gasteiger partial charge in [-0.2, -0.15) is 0 Å². The highest BCUT2D eigenvalue weighted by atomic mass is 35.5. The maximum Gasteiger partial charge on any atom is 0.0226 e. The molecule has 0 saturated carbocycles. The predicted octanol–water partition coefficient (Wildman–Crippen LogP) is 2.44. The lowest BCUT2D eigenvalue weighted by atomic mass is 9.99. The van der Waals surface area contributed by atoms with Crippen LogP contribution in [0.2, 0.25) is 0 Å². The van der Waals surface area contributed by atoms with Crippen LogP contribution in [0, 0.1) is 0 Å². The zero-order chi connectivity index (χ0) is 9.19. The van der Waals surface area contributed by atoms with Crippen molar-refractivity contribution in [1.29, 1.82) is 0 Å². The predicted molar refractivity (Wildman–Crippen MR) is 67.6 cm³/mol. The van der Waals surface area contributed by atoms with Crippen LogP contribution in [0.5, 0.6) is 0 Å². The van der Waals surface area contributed by atoms with E-state index in [-0.39, 0.29) is 30.4 Å². The van der Waals surface area contributed by atoms with Crippen LogP contribution in [0.1, 0.15) is 40.0 Å². The van der Waals surface area contributed by atoms with Crippen LogP contribution in [0.15, 0.2) is 0 Å². The molecule has 0 aromatic rings. The normalized spacial score (nSPS) is 23.6. The molecule has 14 heavy (non-hydrogen) atoms. The van der Waals surface area contributed by atoms with Crippen LogP contribution < -0.4 is 5.73 Å². The van der Waals surface area contributed by atoms with Gasteiger partial charge >= 0.3 is 0 Å². The molecule has 2 N–H and O–H groups in total. The molecule has 1 rings (SSSR count). The van der Waals surface area contributed by atoms with E-state index in [9.17, 15) is 0 Å². The van der Waals surface area contributed by atoms with E-state index < -0.39 is 0 Å². The van der Waals surface area contributed by atoms with Crippen molar-refractivity contribution in [3.05, 3.63) is 0 Å². The summed E-state index contributed by atoms with van der Waals surface area (Å²) in [4.78, 5) is 2.52. The highest BCUT2D eigenvalue weighted by Gasteiger charge is 2.23. The van der Waals surface area contributed by atoms with Crippen LogP contribution in [0.4, 0.5) is 0 Å². The number of hydrogen-bond acceptors (Lipinski definition) is 2. The molecule has 0 aliphatic carbocycles. The van der Waals surface area contributed by atoms with Crippen molar-refractivity contribution in [2.24, 2.45) is 5.73 Å². The number of nitrogens with zero attached hydrogens (tertiary/aromatic N) is 1. The molecular weight excluding hydrogens is 219 g/mol. The second-order valence-electron chi connectivity index (χ2n) is 4.80. The topological polar surface area (TPSA) is 29.3 Å². The summed E-state index contributed by atoms with van der Waals surface area (Å²) in [6.45, 7) is 8.80. The van der Waals surface area contributed by atoms with Gasteiger partial charge in [-0.25, -0.2) is 0 Å². The van der Waals surface area contributed by atoms with Gasteiger partial charge in [0.1, 0.15) is 0 Å². The third-order valence-electron chi connectivity index (χ3n) is 2.55. The molecule has 0 amide bonds. The van der Waals surface area contributed by atoms with E-state index in [0.29, 0.717) is 0 Å². The molecule has 1 heterocycles. The Bertz CT molecular complexity index is 146. The van der Waals surface area contributed by atoms with Crippen molar-refractivity contribution in [1.82, 2.24) is 4.90 Å². The lowest BCUT2D eigenvalue weighted by molar-refractivity contribution is 0.134. The van der Waals surface area contributed by atoms with E-state index in [1.54, 1.807) is 0 Å². The van der Waals surface area contributed by atoms with Gasteiger partial charge in [0.2, 0.25) is 0 Å². The average molecular weight is 243 g/mol. The molecule has 1 unspecified atom stereocenters. The van der Waals surface area contributed by atoms with E-state index in [0.717, 1.165) is 12.6 Å². The van der Waals surface area contributed by atoms with Crippen molar-refractivity contribution < 1.29 is 0 Å². The van der Waals surface area contributed by atoms with Gasteiger partial charge in [-0.15, -0.1) is 24.8 Å². The monoisotopic (exact) mass is 242 g/mol. The van der Waals surface area contributed by atoms with Gasteiger partial charge in [0.25, 0.3) is 0 Å². The fourth-order valence-corrected chi connectivity index (χ4v) is 1.92. The van der Waals surface area contributed by atoms with Gasteiger partial charge in [-0.3, -0.25) is 4.90 Å². The number of rotatable bonds is 2. The van der Waals surface area contributed by atoms with Gasteiger partial charge in [-0.1, -0.05) is 6.42 Å². The Morgan fingerprint density at radius 2 is 1.86 bits per heavy atom. The van der Waals surface area contributed by atoms with Crippen molar-refractivity contribution in [3.63, 3.8) is 0 Å². The van der Waals surface area contributed by atoms with Crippen LogP contribution in [0.3, 0.4) is 0 Å². The molecule has 0 bridgehead atoms. The first-order valence-electron chi connectivity index (χ1n) is 5.02. The highest BCUT2D eigenvalue weighted by Crippen LogP contribution is 2.17. The minimum Gasteiger partial charge on any atom is -0.324 e. The zero-order valence-electron chi connectivity index (χ0n) is 9.45. The van der Waals surface area contributed by atoms with E-state index >= 15 is 0 Å². The quantitative estimate of drug-likeness (QED) is 0.807. The molecule has 1 fully saturated rings. The van der Waals surface area contributed by atoms with E-state index in [2.05, 4.69) is 25.7 Å². The largest absolute Gasteiger partial charge is 0.324 e. The van der Waals surface area contributed by atoms with Crippen LogP contribution in [0.25, 0.3) is 0 Å². The van der Waals surface area contributed by atoms with Crippen molar-refractivity contribution in [2.75, 3.05) is 13.1 Å². The summed E-state index contributed by atoms with van der Waals surface area (Å²) >= 11 is 0. The summed E-state index contributed by atoms with van der Waals surface area (Å²) in [5.74, 6) is 0. The standard InChI is InChI=1S/C10H22N2.2ClH/c1-9-6-4-5-7-12(9)8-10(2,3)11;;/h9H,4-8,11H2,1-3H3;2*1H. The molecule has 1 atom stereocenters. The Morgan fingerprint density at radius 1 is 1.29 bits per heavy atom. The molecular formula is C10H24Cl2N2. The molecule has 0 aromatic heterocycles. The smallest absolute Gasteiger partial charge is 0.0226 e. The first-order valence-corrected chi connectivity index (χ1v) is 5.02. The van der Waals surface area contributed by atoms with Gasteiger partial charge in [0.05, 0.1) is 0 Å². The van der Waals surface area contributed by atoms with Crippen molar-refractivity contribution in [2.45, 2.75) is 51.6 Å². The maximum atomic E-state index is 5.99. The number of halogens is 2. The third kappa shape index (κ3) is 6.07. The fraction of sp³-hybridized carbons (Fsp3) is 1.00. The number of nitrogens with two attached hydrogens (primary N) is 1. The summed E-state index contributed by atoms with van der Waals surface area (Å²) in [5.41, 5.74) is 5.95. The maximum absolute atomic E-state index is 5.99. The highest BCUT2D eigenvalue weighted by molar-refractivity contribution is 5.85. The van der Waals surface area contributed by atoms with Gasteiger partial charge in [-0.05, 0) is 40.2 Å². The third-order valence-corrected chi connectivity index (χ3v) is 2.55. The van der Waals surface area contributed by atoms with Crippen LogP contribution in [-0.4, -0.2) is 29.6 Å². The summed E-state index contributed by atoms with van der Waals surface area (Å²) in [6, 6.07) is 0.738. The zero-order valence-corrected chi connectivity index (χ0v) is 11.1. The summed E-state index contributed by atoms with van der Waals surface area (Å²) in [6.07, 6.45) is 4.08. The first-order chi connectivity index (χ1) is 5.49. The molecule has 0 aromatic carbocycles. The number of hydrogen-bond donors (Lipinski definition) is 1. The minimum absolute atomic E-state index is 0. The lowest BCUT2D eigenvalue weighted by Gasteiger charge is -2.37. The number of likely N-dealkylation sites (tertiary alicyclic amines) is 1. The number of piperidine rings is 1. The lowest BCUT2D eigenvalue weighted by Crippen LogP contribution is -2.50. The fourth-order valence-electron chi connectivity index (χ4n) is 1.92. The van der Waals surface area contributed by atoms with Crippen molar-refractivity contribution >= 4 is 24.8 Å². The Morgan fingerprint density at radius 3 is 2.29 bits per heavy atom. The van der Waals surface area contributed by atoms with Crippen LogP contribution >= 0.6 is 24.8 Å². The van der Waals surface area contributed by atoms with E-state index in [1.807, 2.05) is 0 Å². The molecule has 1 saturated heterocycles. The Kier molecular flexibility index (Phi) is 8.32. The Labute approximate surface area is 100 Å². The van der Waals surface area contributed by atoms with Gasteiger partial charge in [0.15, 0.2) is 0 Å². The van der Waals surface area contributed by atoms with Crippen molar-refractivity contribution in [3.8, 4) is 0 Å². The van der Waals surface area contributed by atoms with E-state index in [4.69, 9.17) is 5.73 Å². The van der Waals surface area contributed by atoms with E-state index in [1.165, 1.54) is 25.8 Å². The molecule has 1 aliphatic heterocycles. The first kappa shape index (κ1) is 16.9. The molecule has 0 spiro atoms. The molecule has 4 heteroatoms. The summed E-state index contributed by atoms with van der Waals surface area (Å²) in [5, 5.41) is 0. The molecule has 1 aliphatic rings. The average Bonchev–Trinajstić information content (AvgIpc) is 1.91. The Balaban J connectivity index is 0.